The Hall–Kier alpha value is -1.73. The first-order valence-corrected chi connectivity index (χ1v) is 10.6. The number of thiophene rings is 1. The van der Waals surface area contributed by atoms with Gasteiger partial charge in [-0.05, 0) is 11.4 Å². The van der Waals surface area contributed by atoms with Crippen LogP contribution >= 0.6 is 35.1 Å². The molecule has 0 saturated carbocycles. The van der Waals surface area contributed by atoms with Crippen LogP contribution in [-0.4, -0.2) is 46.9 Å². The first-order chi connectivity index (χ1) is 12.8. The highest BCUT2D eigenvalue weighted by atomic mass is 35.5. The summed E-state index contributed by atoms with van der Waals surface area (Å²) in [5.74, 6) is 0.243. The van der Waals surface area contributed by atoms with E-state index in [1.54, 1.807) is 22.7 Å². The van der Waals surface area contributed by atoms with Crippen LogP contribution in [0, 0.1) is 0 Å². The van der Waals surface area contributed by atoms with Crippen LogP contribution in [0.3, 0.4) is 0 Å². The van der Waals surface area contributed by atoms with Crippen LogP contribution in [0.4, 0.5) is 0 Å². The lowest BCUT2D eigenvalue weighted by molar-refractivity contribution is -0.132. The number of carbonyl (C=O) groups is 1. The molecule has 0 radical (unpaired) electrons. The molecular formula is C20H22ClN3OS2. The highest BCUT2D eigenvalue weighted by Gasteiger charge is 2.22. The largest absolute Gasteiger partial charge is 0.340 e. The molecule has 0 bridgehead atoms. The summed E-state index contributed by atoms with van der Waals surface area (Å²) in [4.78, 5) is 22.7. The molecule has 4 rings (SSSR count). The summed E-state index contributed by atoms with van der Waals surface area (Å²) < 4.78 is 0. The SMILES string of the molecule is Cl.O=C(Cc1cccs1)N1CCN(Cc2nc(-c3ccccc3)cs2)CC1. The van der Waals surface area contributed by atoms with Gasteiger partial charge in [0.2, 0.25) is 5.91 Å². The third-order valence-corrected chi connectivity index (χ3v) is 6.32. The summed E-state index contributed by atoms with van der Waals surface area (Å²) in [5.41, 5.74) is 2.22. The average Bonchev–Trinajstić information content (AvgIpc) is 3.35. The van der Waals surface area contributed by atoms with E-state index < -0.39 is 0 Å². The Bertz CT molecular complexity index is 843. The van der Waals surface area contributed by atoms with Crippen LogP contribution in [0.15, 0.2) is 53.2 Å². The summed E-state index contributed by atoms with van der Waals surface area (Å²) >= 11 is 3.37. The number of piperazine rings is 1. The van der Waals surface area contributed by atoms with E-state index >= 15 is 0 Å². The minimum Gasteiger partial charge on any atom is -0.340 e. The molecular weight excluding hydrogens is 398 g/mol. The average molecular weight is 420 g/mol. The van der Waals surface area contributed by atoms with E-state index in [1.807, 2.05) is 40.6 Å². The highest BCUT2D eigenvalue weighted by molar-refractivity contribution is 7.10. The summed E-state index contributed by atoms with van der Waals surface area (Å²) in [6.07, 6.45) is 0.532. The molecule has 0 aliphatic carbocycles. The maximum absolute atomic E-state index is 12.4. The molecule has 4 nitrogen and oxygen atoms in total. The van der Waals surface area contributed by atoms with Gasteiger partial charge in [-0.2, -0.15) is 0 Å². The fourth-order valence-corrected chi connectivity index (χ4v) is 4.69. The van der Waals surface area contributed by atoms with Crippen molar-refractivity contribution in [1.29, 1.82) is 0 Å². The third-order valence-electron chi connectivity index (χ3n) is 4.61. The van der Waals surface area contributed by atoms with E-state index in [2.05, 4.69) is 22.4 Å². The molecule has 7 heteroatoms. The lowest BCUT2D eigenvalue weighted by Crippen LogP contribution is -2.48. The first-order valence-electron chi connectivity index (χ1n) is 8.80. The second-order valence-corrected chi connectivity index (χ2v) is 8.38. The normalized spacial score (nSPS) is 14.7. The van der Waals surface area contributed by atoms with Gasteiger partial charge in [0, 0.05) is 42.0 Å². The van der Waals surface area contributed by atoms with E-state index in [-0.39, 0.29) is 18.3 Å². The Morgan fingerprint density at radius 3 is 2.48 bits per heavy atom. The van der Waals surface area contributed by atoms with E-state index in [0.29, 0.717) is 6.42 Å². The van der Waals surface area contributed by atoms with Crippen LogP contribution in [0.2, 0.25) is 0 Å². The van der Waals surface area contributed by atoms with E-state index in [9.17, 15) is 4.79 Å². The van der Waals surface area contributed by atoms with E-state index in [0.717, 1.165) is 48.3 Å². The van der Waals surface area contributed by atoms with Crippen molar-refractivity contribution in [2.24, 2.45) is 0 Å². The van der Waals surface area contributed by atoms with Crippen molar-refractivity contribution >= 4 is 41.0 Å². The molecule has 1 aliphatic rings. The van der Waals surface area contributed by atoms with Gasteiger partial charge in [-0.3, -0.25) is 9.69 Å². The zero-order valence-corrected chi connectivity index (χ0v) is 17.4. The van der Waals surface area contributed by atoms with Crippen LogP contribution in [-0.2, 0) is 17.8 Å². The molecule has 27 heavy (non-hydrogen) atoms. The predicted octanol–water partition coefficient (Wildman–Crippen LogP) is 4.18. The molecule has 1 fully saturated rings. The van der Waals surface area contributed by atoms with Gasteiger partial charge in [-0.25, -0.2) is 4.98 Å². The number of aromatic nitrogens is 1. The Labute approximate surface area is 173 Å². The zero-order valence-electron chi connectivity index (χ0n) is 14.9. The Morgan fingerprint density at radius 2 is 1.78 bits per heavy atom. The Kier molecular flexibility index (Phi) is 7.01. The van der Waals surface area contributed by atoms with Crippen molar-refractivity contribution in [3.63, 3.8) is 0 Å². The molecule has 1 aliphatic heterocycles. The van der Waals surface area contributed by atoms with Gasteiger partial charge in [0.05, 0.1) is 18.7 Å². The van der Waals surface area contributed by atoms with Gasteiger partial charge < -0.3 is 4.90 Å². The Morgan fingerprint density at radius 1 is 1.00 bits per heavy atom. The number of halogens is 1. The number of amides is 1. The Balaban J connectivity index is 0.00000210. The van der Waals surface area contributed by atoms with Crippen molar-refractivity contribution < 1.29 is 4.79 Å². The fraction of sp³-hybridized carbons (Fsp3) is 0.300. The van der Waals surface area contributed by atoms with Gasteiger partial charge in [0.15, 0.2) is 0 Å². The van der Waals surface area contributed by atoms with Crippen LogP contribution in [0.25, 0.3) is 11.3 Å². The van der Waals surface area contributed by atoms with Crippen LogP contribution in [0.1, 0.15) is 9.88 Å². The van der Waals surface area contributed by atoms with Crippen LogP contribution in [0.5, 0.6) is 0 Å². The van der Waals surface area contributed by atoms with E-state index in [4.69, 9.17) is 4.98 Å². The van der Waals surface area contributed by atoms with Crippen molar-refractivity contribution in [1.82, 2.24) is 14.8 Å². The van der Waals surface area contributed by atoms with Crippen molar-refractivity contribution in [3.8, 4) is 11.3 Å². The van der Waals surface area contributed by atoms with E-state index in [1.165, 1.54) is 5.56 Å². The summed E-state index contributed by atoms with van der Waals surface area (Å²) in [5, 5.41) is 5.30. The van der Waals surface area contributed by atoms with Crippen molar-refractivity contribution in [3.05, 3.63) is 63.1 Å². The number of benzene rings is 1. The first kappa shape index (κ1) is 20.0. The fourth-order valence-electron chi connectivity index (χ4n) is 3.15. The van der Waals surface area contributed by atoms with Gasteiger partial charge in [0.25, 0.3) is 0 Å². The topological polar surface area (TPSA) is 36.4 Å². The second kappa shape index (κ2) is 9.46. The number of hydrogen-bond acceptors (Lipinski definition) is 5. The van der Waals surface area contributed by atoms with Crippen molar-refractivity contribution in [2.75, 3.05) is 26.2 Å². The standard InChI is InChI=1S/C20H21N3OS2.ClH/c24-20(13-17-7-4-12-25-17)23-10-8-22(9-11-23)14-19-21-18(15-26-19)16-5-2-1-3-6-16;/h1-7,12,15H,8-11,13-14H2;1H. The molecule has 1 saturated heterocycles. The van der Waals surface area contributed by atoms with Gasteiger partial charge in [-0.1, -0.05) is 36.4 Å². The lowest BCUT2D eigenvalue weighted by Gasteiger charge is -2.34. The van der Waals surface area contributed by atoms with Crippen LogP contribution < -0.4 is 0 Å². The number of nitrogens with zero attached hydrogens (tertiary/aromatic N) is 3. The van der Waals surface area contributed by atoms with Gasteiger partial charge in [-0.15, -0.1) is 35.1 Å². The number of rotatable bonds is 5. The number of thiazole rings is 1. The lowest BCUT2D eigenvalue weighted by atomic mass is 10.2. The molecule has 3 heterocycles. The zero-order chi connectivity index (χ0) is 17.8. The maximum Gasteiger partial charge on any atom is 0.227 e. The monoisotopic (exact) mass is 419 g/mol. The summed E-state index contributed by atoms with van der Waals surface area (Å²) in [6, 6.07) is 14.3. The molecule has 1 aromatic carbocycles. The minimum absolute atomic E-state index is 0. The maximum atomic E-state index is 12.4. The second-order valence-electron chi connectivity index (χ2n) is 6.41. The van der Waals surface area contributed by atoms with Crippen molar-refractivity contribution in [2.45, 2.75) is 13.0 Å². The number of hydrogen-bond donors (Lipinski definition) is 0. The molecule has 1 amide bonds. The molecule has 0 N–H and O–H groups in total. The molecule has 3 aromatic rings. The van der Waals surface area contributed by atoms with Gasteiger partial charge in [0.1, 0.15) is 5.01 Å². The summed E-state index contributed by atoms with van der Waals surface area (Å²) in [6.45, 7) is 4.31. The molecule has 142 valence electrons. The third kappa shape index (κ3) is 5.17. The number of carbonyl (C=O) groups excluding carboxylic acids is 1. The highest BCUT2D eigenvalue weighted by Crippen LogP contribution is 2.22. The molecule has 0 spiro atoms. The molecule has 0 unspecified atom stereocenters. The quantitative estimate of drug-likeness (QED) is 0.622. The minimum atomic E-state index is 0. The molecule has 2 aromatic heterocycles. The predicted molar refractivity (Wildman–Crippen MR) is 115 cm³/mol. The van der Waals surface area contributed by atoms with Gasteiger partial charge >= 0.3 is 0 Å². The molecule has 0 atom stereocenters. The smallest absolute Gasteiger partial charge is 0.227 e. The summed E-state index contributed by atoms with van der Waals surface area (Å²) in [7, 11) is 0.